The van der Waals surface area contributed by atoms with E-state index in [9.17, 15) is 4.79 Å². The lowest BCUT2D eigenvalue weighted by Crippen LogP contribution is -2.15. The first-order valence-corrected chi connectivity index (χ1v) is 8.60. The third-order valence-electron chi connectivity index (χ3n) is 4.27. The number of carbonyl (C=O) groups excluding carboxylic acids is 1. The predicted molar refractivity (Wildman–Crippen MR) is 103 cm³/mol. The van der Waals surface area contributed by atoms with Crippen molar-refractivity contribution in [3.05, 3.63) is 77.7 Å². The summed E-state index contributed by atoms with van der Waals surface area (Å²) in [7, 11) is 1.57. The number of nitrogens with one attached hydrogen (secondary N) is 1. The van der Waals surface area contributed by atoms with E-state index in [2.05, 4.69) is 10.4 Å². The molecule has 0 radical (unpaired) electrons. The molecule has 1 N–H and O–H groups in total. The number of furan rings is 1. The zero-order valence-electron chi connectivity index (χ0n) is 15.1. The first-order chi connectivity index (χ1) is 13.1. The fourth-order valence-electron chi connectivity index (χ4n) is 3.01. The molecule has 0 saturated carbocycles. The van der Waals surface area contributed by atoms with E-state index in [0.29, 0.717) is 23.7 Å². The molecule has 0 unspecified atom stereocenters. The largest absolute Gasteiger partial charge is 0.493 e. The minimum absolute atomic E-state index is 0.222. The average molecular weight is 361 g/mol. The van der Waals surface area contributed by atoms with E-state index < -0.39 is 0 Å². The Balaban J connectivity index is 1.60. The van der Waals surface area contributed by atoms with Gasteiger partial charge in [-0.15, -0.1) is 0 Å². The van der Waals surface area contributed by atoms with Crippen LogP contribution in [-0.2, 0) is 6.54 Å². The van der Waals surface area contributed by atoms with Gasteiger partial charge in [0.1, 0.15) is 5.82 Å². The number of nitrogens with zero attached hydrogens (tertiary/aromatic N) is 2. The number of carbonyl (C=O) groups is 1. The Labute approximate surface area is 156 Å². The van der Waals surface area contributed by atoms with Crippen LogP contribution >= 0.6 is 0 Å². The average Bonchev–Trinajstić information content (AvgIpc) is 3.26. The minimum atomic E-state index is -0.331. The number of hydrogen-bond acceptors (Lipinski definition) is 4. The maximum absolute atomic E-state index is 12.7. The lowest BCUT2D eigenvalue weighted by atomic mass is 10.2. The van der Waals surface area contributed by atoms with Crippen LogP contribution in [0.3, 0.4) is 0 Å². The highest BCUT2D eigenvalue weighted by molar-refractivity contribution is 6.04. The van der Waals surface area contributed by atoms with Gasteiger partial charge in [0.05, 0.1) is 19.3 Å². The first-order valence-electron chi connectivity index (χ1n) is 8.60. The molecule has 0 bridgehead atoms. The van der Waals surface area contributed by atoms with E-state index in [1.54, 1.807) is 23.9 Å². The van der Waals surface area contributed by atoms with Crippen LogP contribution in [0.25, 0.3) is 11.0 Å². The highest BCUT2D eigenvalue weighted by Crippen LogP contribution is 2.28. The molecule has 2 aromatic carbocycles. The quantitative estimate of drug-likeness (QED) is 0.577. The lowest BCUT2D eigenvalue weighted by Gasteiger charge is -2.08. The van der Waals surface area contributed by atoms with Crippen molar-refractivity contribution in [2.75, 3.05) is 12.4 Å². The van der Waals surface area contributed by atoms with Crippen LogP contribution in [0.1, 0.15) is 21.8 Å². The molecule has 136 valence electrons. The van der Waals surface area contributed by atoms with E-state index in [0.717, 1.165) is 16.6 Å². The molecular formula is C21H19N3O3. The lowest BCUT2D eigenvalue weighted by molar-refractivity contribution is 0.0997. The second kappa shape index (κ2) is 6.99. The number of hydrogen-bond donors (Lipinski definition) is 1. The normalized spacial score (nSPS) is 10.9. The van der Waals surface area contributed by atoms with Gasteiger partial charge in [-0.3, -0.25) is 4.79 Å². The molecule has 4 aromatic rings. The number of ether oxygens (including phenoxy) is 1. The Morgan fingerprint density at radius 1 is 1.15 bits per heavy atom. The highest BCUT2D eigenvalue weighted by Gasteiger charge is 2.17. The number of benzene rings is 2. The zero-order valence-corrected chi connectivity index (χ0v) is 15.1. The summed E-state index contributed by atoms with van der Waals surface area (Å²) in [5.41, 5.74) is 2.48. The van der Waals surface area contributed by atoms with E-state index in [-0.39, 0.29) is 11.7 Å². The van der Waals surface area contributed by atoms with Gasteiger partial charge >= 0.3 is 0 Å². The van der Waals surface area contributed by atoms with Crippen LogP contribution in [0.15, 0.2) is 65.1 Å². The number of para-hydroxylation sites is 1. The predicted octanol–water partition coefficient (Wildman–Crippen LogP) is 4.25. The summed E-state index contributed by atoms with van der Waals surface area (Å²) in [6.45, 7) is 2.46. The molecule has 0 spiro atoms. The number of methoxy groups -OCH3 is 1. The van der Waals surface area contributed by atoms with Gasteiger partial charge < -0.3 is 14.5 Å². The standard InChI is InChI=1S/C21H19N3O3/c1-14-11-19(24(23-14)13-15-7-4-3-5-8-15)22-21(25)18-12-16-9-6-10-17(26-2)20(16)27-18/h3-12H,13H2,1-2H3,(H,22,25). The Kier molecular flexibility index (Phi) is 4.38. The van der Waals surface area contributed by atoms with Crippen molar-refractivity contribution in [3.8, 4) is 5.75 Å². The molecule has 0 fully saturated rings. The first kappa shape index (κ1) is 16.9. The zero-order chi connectivity index (χ0) is 18.8. The van der Waals surface area contributed by atoms with Crippen molar-refractivity contribution >= 4 is 22.7 Å². The SMILES string of the molecule is COc1cccc2cc(C(=O)Nc3cc(C)nn3Cc3ccccc3)oc12. The van der Waals surface area contributed by atoms with Gasteiger partial charge in [0, 0.05) is 11.5 Å². The summed E-state index contributed by atoms with van der Waals surface area (Å²) in [5, 5.41) is 8.18. The highest BCUT2D eigenvalue weighted by atomic mass is 16.5. The molecule has 0 aliphatic carbocycles. The summed E-state index contributed by atoms with van der Waals surface area (Å²) in [6, 6.07) is 19.0. The second-order valence-electron chi connectivity index (χ2n) is 6.26. The molecule has 0 aliphatic heterocycles. The van der Waals surface area contributed by atoms with Gasteiger partial charge in [-0.1, -0.05) is 42.5 Å². The molecule has 27 heavy (non-hydrogen) atoms. The van der Waals surface area contributed by atoms with Gasteiger partial charge in [0.25, 0.3) is 5.91 Å². The Morgan fingerprint density at radius 2 is 1.96 bits per heavy atom. The van der Waals surface area contributed by atoms with E-state index in [4.69, 9.17) is 9.15 Å². The van der Waals surface area contributed by atoms with E-state index in [1.165, 1.54) is 0 Å². The third kappa shape index (κ3) is 3.42. The van der Waals surface area contributed by atoms with Gasteiger partial charge in [0.2, 0.25) is 0 Å². The maximum Gasteiger partial charge on any atom is 0.292 e. The van der Waals surface area contributed by atoms with Crippen molar-refractivity contribution < 1.29 is 13.9 Å². The van der Waals surface area contributed by atoms with Crippen molar-refractivity contribution in [2.24, 2.45) is 0 Å². The number of aryl methyl sites for hydroxylation is 1. The van der Waals surface area contributed by atoms with Gasteiger partial charge in [-0.25, -0.2) is 4.68 Å². The molecule has 0 saturated heterocycles. The van der Waals surface area contributed by atoms with Crippen molar-refractivity contribution in [1.82, 2.24) is 9.78 Å². The number of amides is 1. The summed E-state index contributed by atoms with van der Waals surface area (Å²) < 4.78 is 12.8. The number of fused-ring (bicyclic) bond motifs is 1. The van der Waals surface area contributed by atoms with Crippen LogP contribution in [0.2, 0.25) is 0 Å². The number of rotatable bonds is 5. The summed E-state index contributed by atoms with van der Waals surface area (Å²) in [4.78, 5) is 12.7. The molecular weight excluding hydrogens is 342 g/mol. The van der Waals surface area contributed by atoms with Crippen molar-refractivity contribution in [1.29, 1.82) is 0 Å². The molecule has 6 heteroatoms. The monoisotopic (exact) mass is 361 g/mol. The van der Waals surface area contributed by atoms with Crippen LogP contribution in [-0.4, -0.2) is 22.8 Å². The van der Waals surface area contributed by atoms with Crippen LogP contribution in [0.4, 0.5) is 5.82 Å². The van der Waals surface area contributed by atoms with Crippen molar-refractivity contribution in [2.45, 2.75) is 13.5 Å². The van der Waals surface area contributed by atoms with Crippen LogP contribution in [0, 0.1) is 6.92 Å². The summed E-state index contributed by atoms with van der Waals surface area (Å²) in [6.07, 6.45) is 0. The van der Waals surface area contributed by atoms with Crippen molar-refractivity contribution in [3.63, 3.8) is 0 Å². The fourth-order valence-corrected chi connectivity index (χ4v) is 3.01. The third-order valence-corrected chi connectivity index (χ3v) is 4.27. The van der Waals surface area contributed by atoms with E-state index >= 15 is 0 Å². The Morgan fingerprint density at radius 3 is 2.74 bits per heavy atom. The topological polar surface area (TPSA) is 69.3 Å². The van der Waals surface area contributed by atoms with Gasteiger partial charge in [-0.2, -0.15) is 5.10 Å². The molecule has 1 amide bonds. The summed E-state index contributed by atoms with van der Waals surface area (Å²) in [5.74, 6) is 1.10. The molecule has 0 aliphatic rings. The van der Waals surface area contributed by atoms with E-state index in [1.807, 2.05) is 55.5 Å². The second-order valence-corrected chi connectivity index (χ2v) is 6.26. The Bertz CT molecular complexity index is 1100. The van der Waals surface area contributed by atoms with Gasteiger partial charge in [-0.05, 0) is 24.6 Å². The molecule has 4 rings (SSSR count). The molecule has 2 aromatic heterocycles. The smallest absolute Gasteiger partial charge is 0.292 e. The van der Waals surface area contributed by atoms with Crippen LogP contribution in [0.5, 0.6) is 5.75 Å². The minimum Gasteiger partial charge on any atom is -0.493 e. The number of anilines is 1. The van der Waals surface area contributed by atoms with Crippen LogP contribution < -0.4 is 10.1 Å². The fraction of sp³-hybridized carbons (Fsp3) is 0.143. The molecule has 2 heterocycles. The number of aromatic nitrogens is 2. The summed E-state index contributed by atoms with van der Waals surface area (Å²) >= 11 is 0. The maximum atomic E-state index is 12.7. The Hall–Kier alpha value is -3.54. The van der Waals surface area contributed by atoms with Gasteiger partial charge in [0.15, 0.2) is 17.1 Å². The molecule has 6 nitrogen and oxygen atoms in total. The molecule has 0 atom stereocenters.